The molecule has 0 saturated heterocycles. The van der Waals surface area contributed by atoms with Crippen molar-refractivity contribution in [1.29, 1.82) is 0 Å². The number of alkyl halides is 2. The second-order valence-corrected chi connectivity index (χ2v) is 6.00. The lowest BCUT2D eigenvalue weighted by atomic mass is 10.3. The van der Waals surface area contributed by atoms with E-state index in [0.717, 1.165) is 6.07 Å². The molecule has 0 spiro atoms. The molecule has 0 saturated carbocycles. The maximum Gasteiger partial charge on any atom is 0.341 e. The van der Waals surface area contributed by atoms with E-state index in [1.807, 2.05) is 0 Å². The highest BCUT2D eigenvalue weighted by Gasteiger charge is 2.28. The predicted octanol–water partition coefficient (Wildman–Crippen LogP) is 2.03. The molecular weight excluding hydrogens is 288 g/mol. The molecule has 8 heteroatoms. The van der Waals surface area contributed by atoms with Crippen molar-refractivity contribution in [2.75, 3.05) is 5.32 Å². The lowest BCUT2D eigenvalue weighted by Gasteiger charge is -2.12. The summed E-state index contributed by atoms with van der Waals surface area (Å²) in [4.78, 5) is 3.65. The summed E-state index contributed by atoms with van der Waals surface area (Å²) < 4.78 is 50.1. The number of anilines is 1. The van der Waals surface area contributed by atoms with Gasteiger partial charge in [0.05, 0.1) is 17.1 Å². The quantitative estimate of drug-likeness (QED) is 0.918. The second kappa shape index (κ2) is 5.58. The van der Waals surface area contributed by atoms with E-state index in [1.54, 1.807) is 30.1 Å². The van der Waals surface area contributed by atoms with Crippen molar-refractivity contribution in [3.63, 3.8) is 0 Å². The first-order chi connectivity index (χ1) is 9.43. The van der Waals surface area contributed by atoms with Crippen molar-refractivity contribution in [1.82, 2.24) is 9.55 Å². The summed E-state index contributed by atoms with van der Waals surface area (Å²) in [5.41, 5.74) is 0.135. The van der Waals surface area contributed by atoms with Crippen LogP contribution in [0.15, 0.2) is 41.6 Å². The third-order valence-electron chi connectivity index (χ3n) is 2.79. The molecule has 0 aliphatic carbocycles. The van der Waals surface area contributed by atoms with Gasteiger partial charge in [-0.2, -0.15) is 8.78 Å². The summed E-state index contributed by atoms with van der Waals surface area (Å²) in [5, 5.41) is 2.82. The van der Waals surface area contributed by atoms with Gasteiger partial charge in [-0.15, -0.1) is 0 Å². The van der Waals surface area contributed by atoms with Crippen LogP contribution in [0.3, 0.4) is 0 Å². The van der Waals surface area contributed by atoms with Gasteiger partial charge in [-0.05, 0) is 12.1 Å². The summed E-state index contributed by atoms with van der Waals surface area (Å²) >= 11 is 0. The van der Waals surface area contributed by atoms with E-state index >= 15 is 0 Å². The SMILES string of the molecule is Cn1ccnc1CNc1ccccc1S(=O)(=O)C(F)F. The number of hydrogen-bond donors (Lipinski definition) is 1. The Morgan fingerprint density at radius 3 is 2.65 bits per heavy atom. The maximum atomic E-state index is 12.6. The molecule has 1 heterocycles. The predicted molar refractivity (Wildman–Crippen MR) is 70.2 cm³/mol. The third kappa shape index (κ3) is 2.79. The standard InChI is InChI=1S/C12H13F2N3O2S/c1-17-7-6-15-11(17)8-16-9-4-2-3-5-10(9)20(18,19)12(13)14/h2-7,12,16H,8H2,1H3. The van der Waals surface area contributed by atoms with Crippen LogP contribution in [-0.2, 0) is 23.4 Å². The number of para-hydroxylation sites is 1. The van der Waals surface area contributed by atoms with Gasteiger partial charge in [0, 0.05) is 19.4 Å². The molecule has 0 aliphatic rings. The van der Waals surface area contributed by atoms with Gasteiger partial charge >= 0.3 is 5.76 Å². The van der Waals surface area contributed by atoms with Crippen LogP contribution >= 0.6 is 0 Å². The Labute approximate surface area is 115 Å². The topological polar surface area (TPSA) is 64.0 Å². The molecule has 1 N–H and O–H groups in total. The van der Waals surface area contributed by atoms with Crippen LogP contribution in [-0.4, -0.2) is 23.7 Å². The van der Waals surface area contributed by atoms with Gasteiger partial charge in [-0.25, -0.2) is 13.4 Å². The number of rotatable bonds is 5. The van der Waals surface area contributed by atoms with E-state index in [-0.39, 0.29) is 12.2 Å². The Hall–Kier alpha value is -1.96. The fourth-order valence-electron chi connectivity index (χ4n) is 1.70. The van der Waals surface area contributed by atoms with Crippen LogP contribution in [0.25, 0.3) is 0 Å². The molecule has 0 unspecified atom stereocenters. The second-order valence-electron chi connectivity index (χ2n) is 4.11. The van der Waals surface area contributed by atoms with Gasteiger partial charge in [-0.3, -0.25) is 0 Å². The molecule has 20 heavy (non-hydrogen) atoms. The molecule has 0 atom stereocenters. The molecule has 2 aromatic rings. The van der Waals surface area contributed by atoms with E-state index in [9.17, 15) is 17.2 Å². The molecule has 5 nitrogen and oxygen atoms in total. The third-order valence-corrected chi connectivity index (χ3v) is 4.22. The monoisotopic (exact) mass is 301 g/mol. The Balaban J connectivity index is 2.28. The van der Waals surface area contributed by atoms with Crippen molar-refractivity contribution < 1.29 is 17.2 Å². The summed E-state index contributed by atoms with van der Waals surface area (Å²) in [7, 11) is -2.85. The number of aryl methyl sites for hydroxylation is 1. The highest BCUT2D eigenvalue weighted by Crippen LogP contribution is 2.26. The molecule has 1 aromatic heterocycles. The number of hydrogen-bond acceptors (Lipinski definition) is 4. The summed E-state index contributed by atoms with van der Waals surface area (Å²) in [6.07, 6.45) is 3.33. The lowest BCUT2D eigenvalue weighted by Crippen LogP contribution is -2.15. The van der Waals surface area contributed by atoms with E-state index < -0.39 is 20.5 Å². The van der Waals surface area contributed by atoms with Crippen LogP contribution in [0.5, 0.6) is 0 Å². The number of aromatic nitrogens is 2. The molecular formula is C12H13F2N3O2S. The van der Waals surface area contributed by atoms with Gasteiger partial charge in [0.2, 0.25) is 9.84 Å². The normalized spacial score (nSPS) is 11.8. The zero-order chi connectivity index (χ0) is 14.8. The minimum absolute atomic E-state index is 0.135. The largest absolute Gasteiger partial charge is 0.377 e. The molecule has 0 aliphatic heterocycles. The number of imidazole rings is 1. The molecule has 0 bridgehead atoms. The number of halogens is 2. The van der Waals surface area contributed by atoms with Crippen LogP contribution in [0.2, 0.25) is 0 Å². The van der Waals surface area contributed by atoms with E-state index in [2.05, 4.69) is 10.3 Å². The van der Waals surface area contributed by atoms with Gasteiger partial charge in [0.15, 0.2) is 0 Å². The van der Waals surface area contributed by atoms with E-state index in [0.29, 0.717) is 5.82 Å². The lowest BCUT2D eigenvalue weighted by molar-refractivity contribution is 0.235. The number of sulfone groups is 1. The number of benzene rings is 1. The van der Waals surface area contributed by atoms with E-state index in [1.165, 1.54) is 12.1 Å². The first kappa shape index (κ1) is 14.4. The van der Waals surface area contributed by atoms with Crippen LogP contribution in [0.1, 0.15) is 5.82 Å². The number of nitrogens with one attached hydrogen (secondary N) is 1. The summed E-state index contributed by atoms with van der Waals surface area (Å²) in [6, 6.07) is 5.58. The molecule has 2 rings (SSSR count). The van der Waals surface area contributed by atoms with E-state index in [4.69, 9.17) is 0 Å². The molecule has 1 aromatic carbocycles. The average Bonchev–Trinajstić information content (AvgIpc) is 2.82. The molecule has 0 radical (unpaired) electrons. The van der Waals surface area contributed by atoms with Gasteiger partial charge in [-0.1, -0.05) is 12.1 Å². The Morgan fingerprint density at radius 2 is 2.05 bits per heavy atom. The van der Waals surface area contributed by atoms with Crippen molar-refractivity contribution >= 4 is 15.5 Å². The molecule has 108 valence electrons. The Kier molecular flexibility index (Phi) is 4.03. The Morgan fingerprint density at radius 1 is 1.35 bits per heavy atom. The smallest absolute Gasteiger partial charge is 0.341 e. The summed E-state index contributed by atoms with van der Waals surface area (Å²) in [5.74, 6) is -2.78. The highest BCUT2D eigenvalue weighted by molar-refractivity contribution is 7.91. The minimum Gasteiger partial charge on any atom is -0.377 e. The fraction of sp³-hybridized carbons (Fsp3) is 0.250. The first-order valence-electron chi connectivity index (χ1n) is 5.74. The maximum absolute atomic E-state index is 12.6. The minimum atomic E-state index is -4.63. The van der Waals surface area contributed by atoms with Gasteiger partial charge in [0.1, 0.15) is 5.82 Å². The van der Waals surface area contributed by atoms with Crippen molar-refractivity contribution in [3.8, 4) is 0 Å². The summed E-state index contributed by atoms with van der Waals surface area (Å²) in [6.45, 7) is 0.235. The zero-order valence-corrected chi connectivity index (χ0v) is 11.4. The van der Waals surface area contributed by atoms with Gasteiger partial charge < -0.3 is 9.88 Å². The van der Waals surface area contributed by atoms with Crippen LogP contribution in [0, 0.1) is 0 Å². The average molecular weight is 301 g/mol. The number of nitrogens with zero attached hydrogens (tertiary/aromatic N) is 2. The van der Waals surface area contributed by atoms with Crippen LogP contribution < -0.4 is 5.32 Å². The fourth-order valence-corrected chi connectivity index (χ4v) is 2.60. The van der Waals surface area contributed by atoms with Crippen LogP contribution in [0.4, 0.5) is 14.5 Å². The Bertz CT molecular complexity index is 698. The first-order valence-corrected chi connectivity index (χ1v) is 7.28. The van der Waals surface area contributed by atoms with Crippen molar-refractivity contribution in [2.24, 2.45) is 7.05 Å². The van der Waals surface area contributed by atoms with Crippen molar-refractivity contribution in [3.05, 3.63) is 42.5 Å². The zero-order valence-electron chi connectivity index (χ0n) is 10.6. The molecule has 0 fully saturated rings. The van der Waals surface area contributed by atoms with Crippen molar-refractivity contribution in [2.45, 2.75) is 17.2 Å². The van der Waals surface area contributed by atoms with Gasteiger partial charge in [0.25, 0.3) is 0 Å². The highest BCUT2D eigenvalue weighted by atomic mass is 32.2. The molecule has 0 amide bonds.